The second-order valence-electron chi connectivity index (χ2n) is 12.2. The number of anilines is 1. The van der Waals surface area contributed by atoms with E-state index in [4.69, 9.17) is 28.4 Å². The number of rotatable bonds is 16. The number of nitrogens with zero attached hydrogens (tertiary/aromatic N) is 2. The molecule has 1 saturated heterocycles. The number of fused-ring (bicyclic) bond motifs is 1. The molecule has 11 nitrogen and oxygen atoms in total. The standard InChI is InChI=1S/C36H48N2O9S/c1-26-6-13-31(14-7-26)48(40,41)38-21-34(46-23-27-8-15-33-32(20-27)37(17-19-45-33)16-5-18-42-2)36(28-9-11-30(44-4)12-10-28)35(22-38)47-25-29(39)24-43-3/h6-15,20,29,34-36,39H,5,16-19,21-25H2,1-4H3/t29-,34+,35-,36-/m1/s1. The van der Waals surface area contributed by atoms with E-state index in [1.165, 1.54) is 11.4 Å². The Kier molecular flexibility index (Phi) is 12.7. The number of piperidine rings is 1. The van der Waals surface area contributed by atoms with E-state index >= 15 is 0 Å². The van der Waals surface area contributed by atoms with Gasteiger partial charge in [0.25, 0.3) is 0 Å². The Morgan fingerprint density at radius 1 is 0.917 bits per heavy atom. The first-order valence-corrected chi connectivity index (χ1v) is 17.8. The lowest BCUT2D eigenvalue weighted by Gasteiger charge is -2.43. The summed E-state index contributed by atoms with van der Waals surface area (Å²) in [5, 5.41) is 10.5. The van der Waals surface area contributed by atoms with Crippen molar-refractivity contribution in [3.05, 3.63) is 83.4 Å². The quantitative estimate of drug-likeness (QED) is 0.222. The van der Waals surface area contributed by atoms with Crippen molar-refractivity contribution < 1.29 is 41.9 Å². The fraction of sp³-hybridized carbons (Fsp3) is 0.500. The lowest BCUT2D eigenvalue weighted by Crippen LogP contribution is -2.54. The number of sulfonamides is 1. The van der Waals surface area contributed by atoms with Gasteiger partial charge in [-0.05, 0) is 60.9 Å². The zero-order valence-corrected chi connectivity index (χ0v) is 29.1. The van der Waals surface area contributed by atoms with E-state index in [0.29, 0.717) is 19.0 Å². The maximum Gasteiger partial charge on any atom is 0.243 e. The predicted molar refractivity (Wildman–Crippen MR) is 183 cm³/mol. The molecule has 0 bridgehead atoms. The summed E-state index contributed by atoms with van der Waals surface area (Å²) < 4.78 is 64.3. The average Bonchev–Trinajstić information content (AvgIpc) is 3.10. The van der Waals surface area contributed by atoms with E-state index in [9.17, 15) is 13.5 Å². The molecule has 12 heteroatoms. The van der Waals surface area contributed by atoms with Crippen molar-refractivity contribution in [3.63, 3.8) is 0 Å². The van der Waals surface area contributed by atoms with E-state index in [1.54, 1.807) is 38.5 Å². The van der Waals surface area contributed by atoms with E-state index in [2.05, 4.69) is 11.0 Å². The maximum atomic E-state index is 14.0. The highest BCUT2D eigenvalue weighted by molar-refractivity contribution is 7.89. The third-order valence-electron chi connectivity index (χ3n) is 8.81. The van der Waals surface area contributed by atoms with Gasteiger partial charge in [-0.25, -0.2) is 8.42 Å². The minimum Gasteiger partial charge on any atom is -0.497 e. The van der Waals surface area contributed by atoms with Crippen LogP contribution in [0.15, 0.2) is 71.6 Å². The molecule has 2 heterocycles. The number of aryl methyl sites for hydroxylation is 1. The van der Waals surface area contributed by atoms with Gasteiger partial charge in [-0.15, -0.1) is 0 Å². The normalized spacial score (nSPS) is 20.6. The molecule has 1 fully saturated rings. The van der Waals surface area contributed by atoms with Gasteiger partial charge >= 0.3 is 0 Å². The third kappa shape index (κ3) is 8.86. The van der Waals surface area contributed by atoms with Gasteiger partial charge in [0, 0.05) is 46.4 Å². The summed E-state index contributed by atoms with van der Waals surface area (Å²) in [5.74, 6) is 1.19. The van der Waals surface area contributed by atoms with Crippen LogP contribution < -0.4 is 14.4 Å². The van der Waals surface area contributed by atoms with Gasteiger partial charge in [-0.1, -0.05) is 35.9 Å². The van der Waals surface area contributed by atoms with Gasteiger partial charge in [0.15, 0.2) is 0 Å². The third-order valence-corrected chi connectivity index (χ3v) is 10.7. The van der Waals surface area contributed by atoms with Gasteiger partial charge in [0.1, 0.15) is 24.2 Å². The first kappa shape index (κ1) is 36.1. The number of aliphatic hydroxyl groups excluding tert-OH is 1. The second-order valence-corrected chi connectivity index (χ2v) is 14.2. The molecule has 0 amide bonds. The van der Waals surface area contributed by atoms with Crippen LogP contribution in [0.4, 0.5) is 5.69 Å². The molecule has 3 aromatic rings. The van der Waals surface area contributed by atoms with Crippen LogP contribution in [0.3, 0.4) is 0 Å². The molecule has 5 rings (SSSR count). The predicted octanol–water partition coefficient (Wildman–Crippen LogP) is 4.00. The van der Waals surface area contributed by atoms with E-state index in [-0.39, 0.29) is 43.7 Å². The fourth-order valence-corrected chi connectivity index (χ4v) is 7.75. The van der Waals surface area contributed by atoms with Crippen molar-refractivity contribution in [2.45, 2.75) is 49.1 Å². The highest BCUT2D eigenvalue weighted by Crippen LogP contribution is 2.37. The fourth-order valence-electron chi connectivity index (χ4n) is 6.28. The highest BCUT2D eigenvalue weighted by Gasteiger charge is 2.44. The zero-order chi connectivity index (χ0) is 34.1. The smallest absolute Gasteiger partial charge is 0.243 e. The van der Waals surface area contributed by atoms with Crippen molar-refractivity contribution in [3.8, 4) is 11.5 Å². The Labute approximate surface area is 284 Å². The van der Waals surface area contributed by atoms with E-state index in [1.807, 2.05) is 43.3 Å². The molecule has 3 aromatic carbocycles. The van der Waals surface area contributed by atoms with Crippen molar-refractivity contribution in [2.24, 2.45) is 0 Å². The monoisotopic (exact) mass is 684 g/mol. The van der Waals surface area contributed by atoms with Gasteiger partial charge < -0.3 is 38.4 Å². The Morgan fingerprint density at radius 3 is 2.33 bits per heavy atom. The van der Waals surface area contributed by atoms with E-state index in [0.717, 1.165) is 47.6 Å². The van der Waals surface area contributed by atoms with Gasteiger partial charge in [-0.2, -0.15) is 4.31 Å². The van der Waals surface area contributed by atoms with Crippen molar-refractivity contribution in [2.75, 3.05) is 78.8 Å². The number of hydrogen-bond acceptors (Lipinski definition) is 10. The topological polar surface area (TPSA) is 116 Å². The van der Waals surface area contributed by atoms with Gasteiger partial charge in [-0.3, -0.25) is 0 Å². The molecular formula is C36H48N2O9S. The summed E-state index contributed by atoms with van der Waals surface area (Å²) in [6, 6.07) is 20.5. The number of methoxy groups -OCH3 is 3. The SMILES string of the molecule is COCCCN1CCOc2ccc(CO[C@H]3CN(S(=O)(=O)c4ccc(C)cc4)C[C@@H](OC[C@H](O)COC)[C@@H]3c3ccc(OC)cc3)cc21. The maximum absolute atomic E-state index is 14.0. The average molecular weight is 685 g/mol. The lowest BCUT2D eigenvalue weighted by molar-refractivity contribution is -0.0997. The number of benzene rings is 3. The Bertz CT molecular complexity index is 1550. The number of aliphatic hydroxyl groups is 1. The molecule has 1 N–H and O–H groups in total. The summed E-state index contributed by atoms with van der Waals surface area (Å²) in [5.41, 5.74) is 3.83. The Morgan fingerprint density at radius 2 is 1.65 bits per heavy atom. The molecule has 262 valence electrons. The summed E-state index contributed by atoms with van der Waals surface area (Å²) >= 11 is 0. The number of ether oxygens (including phenoxy) is 6. The molecule has 2 aliphatic heterocycles. The van der Waals surface area contributed by atoms with Crippen LogP contribution in [0.2, 0.25) is 0 Å². The molecule has 0 spiro atoms. The molecule has 0 aliphatic carbocycles. The lowest BCUT2D eigenvalue weighted by atomic mass is 9.85. The van der Waals surface area contributed by atoms with Crippen LogP contribution in [0.25, 0.3) is 0 Å². The zero-order valence-electron chi connectivity index (χ0n) is 28.2. The summed E-state index contributed by atoms with van der Waals surface area (Å²) in [7, 11) is 0.937. The minimum absolute atomic E-state index is 0.0277. The summed E-state index contributed by atoms with van der Waals surface area (Å²) in [6.45, 7) is 5.35. The molecule has 2 aliphatic rings. The Hall–Kier alpha value is -3.23. The molecule has 0 radical (unpaired) electrons. The highest BCUT2D eigenvalue weighted by atomic mass is 32.2. The van der Waals surface area contributed by atoms with Crippen LogP contribution in [-0.4, -0.2) is 110 Å². The summed E-state index contributed by atoms with van der Waals surface area (Å²) in [6.07, 6.45) is -1.19. The number of hydrogen-bond donors (Lipinski definition) is 1. The van der Waals surface area contributed by atoms with Crippen LogP contribution in [0, 0.1) is 6.92 Å². The van der Waals surface area contributed by atoms with Gasteiger partial charge in [0.05, 0.1) is 56.3 Å². The molecule has 0 unspecified atom stereocenters. The van der Waals surface area contributed by atoms with E-state index < -0.39 is 28.3 Å². The second kappa shape index (κ2) is 16.9. The van der Waals surface area contributed by atoms with Crippen molar-refractivity contribution >= 4 is 15.7 Å². The largest absolute Gasteiger partial charge is 0.497 e. The van der Waals surface area contributed by atoms with Gasteiger partial charge in [0.2, 0.25) is 10.0 Å². The molecule has 0 aromatic heterocycles. The van der Waals surface area contributed by atoms with Crippen LogP contribution >= 0.6 is 0 Å². The molecule has 48 heavy (non-hydrogen) atoms. The summed E-state index contributed by atoms with van der Waals surface area (Å²) in [4.78, 5) is 2.50. The first-order valence-electron chi connectivity index (χ1n) is 16.3. The minimum atomic E-state index is -3.89. The first-order chi connectivity index (χ1) is 23.2. The molecule has 0 saturated carbocycles. The van der Waals surface area contributed by atoms with Crippen LogP contribution in [-0.2, 0) is 35.6 Å². The van der Waals surface area contributed by atoms with Crippen LogP contribution in [0.5, 0.6) is 11.5 Å². The molecular weight excluding hydrogens is 636 g/mol. The van der Waals surface area contributed by atoms with Crippen molar-refractivity contribution in [1.82, 2.24) is 4.31 Å². The Balaban J connectivity index is 1.46. The molecule has 4 atom stereocenters. The van der Waals surface area contributed by atoms with Crippen LogP contribution in [0.1, 0.15) is 29.0 Å². The van der Waals surface area contributed by atoms with Crippen molar-refractivity contribution in [1.29, 1.82) is 0 Å².